The van der Waals surface area contributed by atoms with E-state index in [1.807, 2.05) is 6.92 Å². The van der Waals surface area contributed by atoms with Gasteiger partial charge in [0.2, 0.25) is 0 Å². The van der Waals surface area contributed by atoms with E-state index in [4.69, 9.17) is 44.3 Å². The zero-order chi connectivity index (χ0) is 15.1. The zero-order valence-electron chi connectivity index (χ0n) is 10.7. The maximum Gasteiger partial charge on any atom is 0.276 e. The molecule has 1 heterocycles. The van der Waals surface area contributed by atoms with Crippen LogP contribution in [0, 0.1) is 6.92 Å². The first-order valence-electron chi connectivity index (χ1n) is 5.64. The fourth-order valence-electron chi connectivity index (χ4n) is 2.05. The van der Waals surface area contributed by atoms with Gasteiger partial charge in [0.25, 0.3) is 9.70 Å². The molecule has 110 valence electrons. The van der Waals surface area contributed by atoms with Crippen LogP contribution in [0.15, 0.2) is 6.07 Å². The van der Waals surface area contributed by atoms with Crippen LogP contribution in [0.1, 0.15) is 23.0 Å². The lowest BCUT2D eigenvalue weighted by Gasteiger charge is -2.18. The third-order valence-corrected chi connectivity index (χ3v) is 3.59. The van der Waals surface area contributed by atoms with E-state index in [0.717, 1.165) is 11.1 Å². The van der Waals surface area contributed by atoms with Crippen molar-refractivity contribution in [3.05, 3.63) is 22.8 Å². The van der Waals surface area contributed by atoms with E-state index >= 15 is 0 Å². The first-order valence-corrected chi connectivity index (χ1v) is 6.77. The third kappa shape index (κ3) is 2.82. The van der Waals surface area contributed by atoms with E-state index < -0.39 is 16.0 Å². The predicted molar refractivity (Wildman–Crippen MR) is 76.4 cm³/mol. The predicted octanol–water partition coefficient (Wildman–Crippen LogP) is 2.83. The summed E-state index contributed by atoms with van der Waals surface area (Å²) in [6.07, 6.45) is -1.14. The minimum atomic E-state index is -2.10. The summed E-state index contributed by atoms with van der Waals surface area (Å²) in [7, 11) is 1.50. The van der Waals surface area contributed by atoms with Crippen molar-refractivity contribution in [1.29, 1.82) is 0 Å². The normalized spacial score (nSPS) is 17.8. The minimum absolute atomic E-state index is 0.218. The number of nitrogens with one attached hydrogen (secondary N) is 1. The van der Waals surface area contributed by atoms with Gasteiger partial charge in [0, 0.05) is 11.6 Å². The number of anilines is 1. The van der Waals surface area contributed by atoms with E-state index in [0.29, 0.717) is 17.0 Å². The molecule has 1 aliphatic heterocycles. The van der Waals surface area contributed by atoms with Gasteiger partial charge >= 0.3 is 0 Å². The van der Waals surface area contributed by atoms with Crippen molar-refractivity contribution in [3.63, 3.8) is 0 Å². The number of aliphatic hydroxyl groups is 1. The number of carbonyl (C=O) groups is 1. The fourth-order valence-corrected chi connectivity index (χ4v) is 2.19. The van der Waals surface area contributed by atoms with E-state index in [2.05, 4.69) is 5.32 Å². The summed E-state index contributed by atoms with van der Waals surface area (Å²) in [5, 5.41) is 12.3. The highest BCUT2D eigenvalue weighted by Crippen LogP contribution is 2.41. The lowest BCUT2D eigenvalue weighted by molar-refractivity contribution is -0.115. The molecule has 0 aliphatic carbocycles. The Bertz CT molecular complexity index is 557. The Kier molecular flexibility index (Phi) is 4.37. The number of rotatable bonds is 2. The molecule has 8 heteroatoms. The van der Waals surface area contributed by atoms with Crippen LogP contribution in [0.5, 0.6) is 5.75 Å². The Morgan fingerprint density at radius 1 is 1.55 bits per heavy atom. The Hall–Kier alpha value is -0.720. The molecule has 0 aromatic heterocycles. The summed E-state index contributed by atoms with van der Waals surface area (Å²) >= 11 is 16.6. The standard InChI is InChI=1S/C12H12Cl3NO4/c1-5-6-4-20-10(17)9(6)7(3-8(5)19-2)16-11(18)12(13,14)15/h3,10,17H,4H2,1-2H3,(H,16,18). The van der Waals surface area contributed by atoms with Gasteiger partial charge < -0.3 is 19.9 Å². The van der Waals surface area contributed by atoms with Gasteiger partial charge in [-0.05, 0) is 18.1 Å². The molecule has 1 unspecified atom stereocenters. The molecule has 0 saturated carbocycles. The molecule has 0 fully saturated rings. The number of methoxy groups -OCH3 is 1. The summed E-state index contributed by atoms with van der Waals surface area (Å²) < 4.78 is 8.29. The first-order chi connectivity index (χ1) is 9.25. The number of hydrogen-bond donors (Lipinski definition) is 2. The second kappa shape index (κ2) is 5.58. The van der Waals surface area contributed by atoms with Gasteiger partial charge in [0.15, 0.2) is 6.29 Å². The van der Waals surface area contributed by atoms with Gasteiger partial charge in [-0.1, -0.05) is 34.8 Å². The lowest BCUT2D eigenvalue weighted by Crippen LogP contribution is -2.27. The van der Waals surface area contributed by atoms with E-state index in [1.54, 1.807) is 6.07 Å². The van der Waals surface area contributed by atoms with Gasteiger partial charge in [-0.15, -0.1) is 0 Å². The van der Waals surface area contributed by atoms with Gasteiger partial charge in [-0.25, -0.2) is 0 Å². The number of amides is 1. The number of aliphatic hydroxyl groups excluding tert-OH is 1. The van der Waals surface area contributed by atoms with Crippen LogP contribution in [0.3, 0.4) is 0 Å². The smallest absolute Gasteiger partial charge is 0.276 e. The SMILES string of the molecule is COc1cc(NC(=O)C(Cl)(Cl)Cl)c2c(c1C)COC2O. The average Bonchev–Trinajstić information content (AvgIpc) is 2.74. The van der Waals surface area contributed by atoms with E-state index in [1.165, 1.54) is 7.11 Å². The molecule has 5 nitrogen and oxygen atoms in total. The summed E-state index contributed by atoms with van der Waals surface area (Å²) in [5.41, 5.74) is 2.32. The van der Waals surface area contributed by atoms with Crippen molar-refractivity contribution in [2.75, 3.05) is 12.4 Å². The van der Waals surface area contributed by atoms with Gasteiger partial charge in [-0.2, -0.15) is 0 Å². The number of halogens is 3. The topological polar surface area (TPSA) is 67.8 Å². The van der Waals surface area contributed by atoms with Crippen LogP contribution in [0.4, 0.5) is 5.69 Å². The van der Waals surface area contributed by atoms with Gasteiger partial charge in [-0.3, -0.25) is 4.79 Å². The van der Waals surface area contributed by atoms with Gasteiger partial charge in [0.1, 0.15) is 5.75 Å². The Balaban J connectivity index is 2.48. The summed E-state index contributed by atoms with van der Waals surface area (Å²) in [4.78, 5) is 11.8. The molecule has 20 heavy (non-hydrogen) atoms. The highest BCUT2D eigenvalue weighted by molar-refractivity contribution is 6.76. The largest absolute Gasteiger partial charge is 0.496 e. The molecule has 0 saturated heterocycles. The highest BCUT2D eigenvalue weighted by Gasteiger charge is 2.34. The van der Waals surface area contributed by atoms with Crippen LogP contribution in [0.2, 0.25) is 0 Å². The Morgan fingerprint density at radius 2 is 2.20 bits per heavy atom. The summed E-state index contributed by atoms with van der Waals surface area (Å²) in [6, 6.07) is 1.56. The Morgan fingerprint density at radius 3 is 2.75 bits per heavy atom. The molecule has 0 radical (unpaired) electrons. The van der Waals surface area contributed by atoms with Crippen molar-refractivity contribution < 1.29 is 19.4 Å². The quantitative estimate of drug-likeness (QED) is 0.812. The molecule has 1 aliphatic rings. The summed E-state index contributed by atoms with van der Waals surface area (Å²) in [5.74, 6) is -0.282. The fraction of sp³-hybridized carbons (Fsp3) is 0.417. The molecule has 1 amide bonds. The number of ether oxygens (including phenoxy) is 2. The number of benzene rings is 1. The molecule has 0 spiro atoms. The monoisotopic (exact) mass is 339 g/mol. The van der Waals surface area contributed by atoms with Gasteiger partial charge in [0.05, 0.1) is 19.4 Å². The number of fused-ring (bicyclic) bond motifs is 1. The minimum Gasteiger partial charge on any atom is -0.496 e. The van der Waals surface area contributed by atoms with Crippen LogP contribution < -0.4 is 10.1 Å². The second-order valence-corrected chi connectivity index (χ2v) is 6.54. The van der Waals surface area contributed by atoms with Crippen LogP contribution in [-0.4, -0.2) is 21.9 Å². The maximum absolute atomic E-state index is 11.8. The molecule has 2 rings (SSSR count). The maximum atomic E-state index is 11.8. The number of hydrogen-bond acceptors (Lipinski definition) is 4. The second-order valence-electron chi connectivity index (χ2n) is 4.26. The summed E-state index contributed by atoms with van der Waals surface area (Å²) in [6.45, 7) is 2.05. The number of alkyl halides is 3. The van der Waals surface area contributed by atoms with Crippen molar-refractivity contribution in [2.24, 2.45) is 0 Å². The molecular weight excluding hydrogens is 328 g/mol. The first kappa shape index (κ1) is 15.7. The van der Waals surface area contributed by atoms with Crippen molar-refractivity contribution in [3.8, 4) is 5.75 Å². The third-order valence-electron chi connectivity index (χ3n) is 3.07. The van der Waals surface area contributed by atoms with E-state index in [9.17, 15) is 9.90 Å². The molecule has 1 atom stereocenters. The molecule has 1 aromatic carbocycles. The number of carbonyl (C=O) groups excluding carboxylic acids is 1. The molecule has 0 bridgehead atoms. The van der Waals surface area contributed by atoms with Crippen molar-refractivity contribution >= 4 is 46.4 Å². The molecule has 2 N–H and O–H groups in total. The zero-order valence-corrected chi connectivity index (χ0v) is 12.9. The van der Waals surface area contributed by atoms with Crippen LogP contribution in [-0.2, 0) is 16.1 Å². The van der Waals surface area contributed by atoms with E-state index in [-0.39, 0.29) is 6.61 Å². The molecule has 1 aromatic rings. The average molecular weight is 341 g/mol. The van der Waals surface area contributed by atoms with Crippen LogP contribution in [0.25, 0.3) is 0 Å². The van der Waals surface area contributed by atoms with Crippen molar-refractivity contribution in [2.45, 2.75) is 23.6 Å². The molecular formula is C12H12Cl3NO4. The Labute approximate surface area is 130 Å². The van der Waals surface area contributed by atoms with Crippen molar-refractivity contribution in [1.82, 2.24) is 0 Å². The highest BCUT2D eigenvalue weighted by atomic mass is 35.6. The lowest BCUT2D eigenvalue weighted by atomic mass is 10.0. The van der Waals surface area contributed by atoms with Crippen LogP contribution >= 0.6 is 34.8 Å².